The Hall–Kier alpha value is -0.970. The summed E-state index contributed by atoms with van der Waals surface area (Å²) in [5, 5.41) is 12.3. The van der Waals surface area contributed by atoms with Gasteiger partial charge in [0.25, 0.3) is 0 Å². The van der Waals surface area contributed by atoms with Gasteiger partial charge in [0.05, 0.1) is 0 Å². The third-order valence-corrected chi connectivity index (χ3v) is 3.80. The van der Waals surface area contributed by atoms with E-state index < -0.39 is 0 Å². The Balaban J connectivity index is 1.87. The van der Waals surface area contributed by atoms with E-state index in [0.29, 0.717) is 12.0 Å². The molecule has 0 aliphatic carbocycles. The van der Waals surface area contributed by atoms with Gasteiger partial charge in [-0.1, -0.05) is 19.1 Å². The SMILES string of the molecule is CC1CC(NCCCO)CN(Cc2cccc(F)c2)C1. The van der Waals surface area contributed by atoms with Gasteiger partial charge in [-0.2, -0.15) is 0 Å². The van der Waals surface area contributed by atoms with E-state index in [1.165, 1.54) is 12.5 Å². The molecule has 2 rings (SSSR count). The molecule has 0 spiro atoms. The molecule has 0 saturated carbocycles. The molecule has 112 valence electrons. The number of aliphatic hydroxyl groups excluding tert-OH is 1. The van der Waals surface area contributed by atoms with Crippen LogP contribution in [-0.2, 0) is 6.54 Å². The maximum atomic E-state index is 13.2. The summed E-state index contributed by atoms with van der Waals surface area (Å²) in [7, 11) is 0. The predicted molar refractivity (Wildman–Crippen MR) is 79.0 cm³/mol. The lowest BCUT2D eigenvalue weighted by Crippen LogP contribution is -2.48. The van der Waals surface area contributed by atoms with E-state index in [1.54, 1.807) is 12.1 Å². The van der Waals surface area contributed by atoms with Crippen molar-refractivity contribution in [3.8, 4) is 0 Å². The lowest BCUT2D eigenvalue weighted by molar-refractivity contribution is 0.141. The first kappa shape index (κ1) is 15.4. The van der Waals surface area contributed by atoms with Crippen LogP contribution in [0.3, 0.4) is 0 Å². The summed E-state index contributed by atoms with van der Waals surface area (Å²) >= 11 is 0. The summed E-state index contributed by atoms with van der Waals surface area (Å²) in [6.45, 7) is 6.23. The Kier molecular flexibility index (Phi) is 5.95. The smallest absolute Gasteiger partial charge is 0.123 e. The van der Waals surface area contributed by atoms with Gasteiger partial charge in [-0.25, -0.2) is 4.39 Å². The van der Waals surface area contributed by atoms with Gasteiger partial charge in [-0.3, -0.25) is 4.90 Å². The average molecular weight is 280 g/mol. The highest BCUT2D eigenvalue weighted by Crippen LogP contribution is 2.19. The minimum atomic E-state index is -0.162. The molecule has 0 aromatic heterocycles. The van der Waals surface area contributed by atoms with Crippen LogP contribution in [-0.4, -0.2) is 42.3 Å². The van der Waals surface area contributed by atoms with Gasteiger partial charge < -0.3 is 10.4 Å². The van der Waals surface area contributed by atoms with E-state index in [-0.39, 0.29) is 12.4 Å². The van der Waals surface area contributed by atoms with Crippen LogP contribution in [0.25, 0.3) is 0 Å². The molecular weight excluding hydrogens is 255 g/mol. The standard InChI is InChI=1S/C16H25FN2O/c1-13-8-16(18-6-3-7-20)12-19(10-13)11-14-4-2-5-15(17)9-14/h2,4-5,9,13,16,18,20H,3,6-8,10-12H2,1H3. The first-order valence-corrected chi connectivity index (χ1v) is 7.48. The Morgan fingerprint density at radius 1 is 1.40 bits per heavy atom. The van der Waals surface area contributed by atoms with Crippen molar-refractivity contribution in [1.82, 2.24) is 10.2 Å². The lowest BCUT2D eigenvalue weighted by Gasteiger charge is -2.37. The number of rotatable bonds is 6. The summed E-state index contributed by atoms with van der Waals surface area (Å²) < 4.78 is 13.2. The van der Waals surface area contributed by atoms with Crippen LogP contribution in [0, 0.1) is 11.7 Å². The molecule has 1 aliphatic heterocycles. The first-order valence-electron chi connectivity index (χ1n) is 7.48. The molecule has 2 atom stereocenters. The van der Waals surface area contributed by atoms with Gasteiger partial charge in [0.2, 0.25) is 0 Å². The zero-order chi connectivity index (χ0) is 14.4. The van der Waals surface area contributed by atoms with Gasteiger partial charge in [0.1, 0.15) is 5.82 Å². The normalized spacial score (nSPS) is 23.9. The quantitative estimate of drug-likeness (QED) is 0.783. The second-order valence-electron chi connectivity index (χ2n) is 5.89. The number of hydrogen-bond donors (Lipinski definition) is 2. The Labute approximate surface area is 120 Å². The van der Waals surface area contributed by atoms with Crippen LogP contribution in [0.4, 0.5) is 4.39 Å². The van der Waals surface area contributed by atoms with Gasteiger partial charge in [0, 0.05) is 32.3 Å². The van der Waals surface area contributed by atoms with Crippen molar-refractivity contribution in [2.24, 2.45) is 5.92 Å². The van der Waals surface area contributed by atoms with E-state index in [0.717, 1.165) is 38.2 Å². The molecule has 1 heterocycles. The molecular formula is C16H25FN2O. The lowest BCUT2D eigenvalue weighted by atomic mass is 9.95. The highest BCUT2D eigenvalue weighted by atomic mass is 19.1. The molecule has 1 aromatic carbocycles. The van der Waals surface area contributed by atoms with Crippen LogP contribution < -0.4 is 5.32 Å². The number of aliphatic hydroxyl groups is 1. The van der Waals surface area contributed by atoms with Crippen molar-refractivity contribution >= 4 is 0 Å². The monoisotopic (exact) mass is 280 g/mol. The Morgan fingerprint density at radius 3 is 3.00 bits per heavy atom. The number of piperidine rings is 1. The Bertz CT molecular complexity index is 413. The summed E-state index contributed by atoms with van der Waals surface area (Å²) in [5.41, 5.74) is 1.04. The van der Waals surface area contributed by atoms with Crippen LogP contribution in [0.5, 0.6) is 0 Å². The summed E-state index contributed by atoms with van der Waals surface area (Å²) in [6.07, 6.45) is 1.97. The fraction of sp³-hybridized carbons (Fsp3) is 0.625. The van der Waals surface area contributed by atoms with Crippen LogP contribution in [0.1, 0.15) is 25.3 Å². The summed E-state index contributed by atoms with van der Waals surface area (Å²) in [6, 6.07) is 7.33. The van der Waals surface area contributed by atoms with Crippen molar-refractivity contribution in [3.63, 3.8) is 0 Å². The Morgan fingerprint density at radius 2 is 2.25 bits per heavy atom. The molecule has 1 aromatic rings. The van der Waals surface area contributed by atoms with E-state index in [9.17, 15) is 4.39 Å². The average Bonchev–Trinajstić information content (AvgIpc) is 2.38. The minimum absolute atomic E-state index is 0.162. The highest BCUT2D eigenvalue weighted by molar-refractivity contribution is 5.16. The number of nitrogens with one attached hydrogen (secondary N) is 1. The number of hydrogen-bond acceptors (Lipinski definition) is 3. The molecule has 4 heteroatoms. The van der Waals surface area contributed by atoms with Gasteiger partial charge in [-0.05, 0) is 43.0 Å². The topological polar surface area (TPSA) is 35.5 Å². The summed E-state index contributed by atoms with van der Waals surface area (Å²) in [4.78, 5) is 2.39. The maximum absolute atomic E-state index is 13.2. The predicted octanol–water partition coefficient (Wildman–Crippen LogP) is 2.01. The number of halogens is 1. The molecule has 1 fully saturated rings. The molecule has 2 unspecified atom stereocenters. The first-order chi connectivity index (χ1) is 9.67. The van der Waals surface area contributed by atoms with Crippen molar-refractivity contribution in [2.75, 3.05) is 26.2 Å². The minimum Gasteiger partial charge on any atom is -0.396 e. The molecule has 20 heavy (non-hydrogen) atoms. The van der Waals surface area contributed by atoms with Gasteiger partial charge >= 0.3 is 0 Å². The molecule has 1 saturated heterocycles. The zero-order valence-electron chi connectivity index (χ0n) is 12.2. The molecule has 0 radical (unpaired) electrons. The second-order valence-corrected chi connectivity index (χ2v) is 5.89. The molecule has 1 aliphatic rings. The molecule has 0 bridgehead atoms. The molecule has 2 N–H and O–H groups in total. The van der Waals surface area contributed by atoms with Gasteiger partial charge in [-0.15, -0.1) is 0 Å². The van der Waals surface area contributed by atoms with E-state index in [2.05, 4.69) is 17.1 Å². The number of likely N-dealkylation sites (tertiary alicyclic amines) is 1. The largest absolute Gasteiger partial charge is 0.396 e. The highest BCUT2D eigenvalue weighted by Gasteiger charge is 2.24. The van der Waals surface area contributed by atoms with Crippen molar-refractivity contribution in [1.29, 1.82) is 0 Å². The van der Waals surface area contributed by atoms with Crippen LogP contribution in [0.15, 0.2) is 24.3 Å². The number of nitrogens with zero attached hydrogens (tertiary/aromatic N) is 1. The van der Waals surface area contributed by atoms with Gasteiger partial charge in [0.15, 0.2) is 0 Å². The van der Waals surface area contributed by atoms with Crippen molar-refractivity contribution in [2.45, 2.75) is 32.4 Å². The number of benzene rings is 1. The third-order valence-electron chi connectivity index (χ3n) is 3.80. The summed E-state index contributed by atoms with van der Waals surface area (Å²) in [5.74, 6) is 0.481. The fourth-order valence-electron chi connectivity index (χ4n) is 3.02. The third kappa shape index (κ3) is 4.85. The van der Waals surface area contributed by atoms with E-state index >= 15 is 0 Å². The van der Waals surface area contributed by atoms with E-state index in [1.807, 2.05) is 6.07 Å². The molecule has 3 nitrogen and oxygen atoms in total. The van der Waals surface area contributed by atoms with E-state index in [4.69, 9.17) is 5.11 Å². The second kappa shape index (κ2) is 7.72. The van der Waals surface area contributed by atoms with Crippen LogP contribution >= 0.6 is 0 Å². The van der Waals surface area contributed by atoms with Crippen molar-refractivity contribution < 1.29 is 9.50 Å². The maximum Gasteiger partial charge on any atom is 0.123 e. The van der Waals surface area contributed by atoms with Crippen LogP contribution in [0.2, 0.25) is 0 Å². The molecule has 0 amide bonds. The zero-order valence-corrected chi connectivity index (χ0v) is 12.2. The fourth-order valence-corrected chi connectivity index (χ4v) is 3.02. The van der Waals surface area contributed by atoms with Crippen molar-refractivity contribution in [3.05, 3.63) is 35.6 Å².